The van der Waals surface area contributed by atoms with Crippen LogP contribution in [0.3, 0.4) is 0 Å². The van der Waals surface area contributed by atoms with Crippen molar-refractivity contribution in [3.05, 3.63) is 0 Å². The lowest BCUT2D eigenvalue weighted by Crippen LogP contribution is -2.42. The first-order valence-electron chi connectivity index (χ1n) is 8.05. The van der Waals surface area contributed by atoms with E-state index in [9.17, 15) is 24.0 Å². The number of carbonyl (C=O) groups is 5. The molecule has 0 aromatic heterocycles. The minimum atomic E-state index is -1.46. The van der Waals surface area contributed by atoms with E-state index in [1.54, 1.807) is 20.8 Å². The highest BCUT2D eigenvalue weighted by molar-refractivity contribution is 6.75. The number of ketones is 3. The van der Waals surface area contributed by atoms with Crippen LogP contribution >= 0.6 is 0 Å². The lowest BCUT2D eigenvalue weighted by Gasteiger charge is -2.37. The Bertz CT molecular complexity index is 499. The predicted octanol–water partition coefficient (Wildman–Crippen LogP) is 1.82. The first-order valence-corrected chi connectivity index (χ1v) is 8.05. The molecule has 23 heavy (non-hydrogen) atoms. The van der Waals surface area contributed by atoms with Crippen LogP contribution in [0.4, 0.5) is 0 Å². The molecule has 0 aromatic carbocycles. The summed E-state index contributed by atoms with van der Waals surface area (Å²) in [7, 11) is 0. The highest BCUT2D eigenvalue weighted by Crippen LogP contribution is 2.35. The molecule has 0 aromatic rings. The van der Waals surface area contributed by atoms with E-state index in [0.29, 0.717) is 0 Å². The molecule has 0 saturated heterocycles. The summed E-state index contributed by atoms with van der Waals surface area (Å²) in [5, 5.41) is 0. The average molecular weight is 324 g/mol. The van der Waals surface area contributed by atoms with Crippen molar-refractivity contribution in [3.63, 3.8) is 0 Å². The molecule has 1 saturated carbocycles. The fourth-order valence-electron chi connectivity index (χ4n) is 3.00. The number of esters is 1. The lowest BCUT2D eigenvalue weighted by atomic mass is 9.78. The summed E-state index contributed by atoms with van der Waals surface area (Å²) in [5.41, 5.74) is -0.733. The summed E-state index contributed by atoms with van der Waals surface area (Å²) in [6, 6.07) is 0. The molecule has 0 aliphatic heterocycles. The summed E-state index contributed by atoms with van der Waals surface area (Å²) in [5.74, 6) is -6.00. The zero-order valence-electron chi connectivity index (χ0n) is 13.9. The molecule has 128 valence electrons. The van der Waals surface area contributed by atoms with Crippen molar-refractivity contribution < 1.29 is 28.7 Å². The largest absolute Gasteiger partial charge is 0.459 e. The minimum Gasteiger partial charge on any atom is -0.459 e. The third kappa shape index (κ3) is 4.81. The second-order valence-corrected chi connectivity index (χ2v) is 6.50. The molecule has 0 spiro atoms. The first-order chi connectivity index (χ1) is 10.7. The first kappa shape index (κ1) is 19.2. The maximum absolute atomic E-state index is 12.3. The van der Waals surface area contributed by atoms with Crippen LogP contribution in [0.25, 0.3) is 0 Å². The molecule has 0 amide bonds. The van der Waals surface area contributed by atoms with E-state index < -0.39 is 34.8 Å². The third-order valence-corrected chi connectivity index (χ3v) is 4.52. The normalized spacial score (nSPS) is 17.2. The zero-order chi connectivity index (χ0) is 17.6. The summed E-state index contributed by atoms with van der Waals surface area (Å²) >= 11 is 0. The summed E-state index contributed by atoms with van der Waals surface area (Å²) in [4.78, 5) is 57.1. The van der Waals surface area contributed by atoms with Gasteiger partial charge in [0.25, 0.3) is 11.6 Å². The van der Waals surface area contributed by atoms with Crippen LogP contribution in [0.2, 0.25) is 0 Å². The van der Waals surface area contributed by atoms with Crippen LogP contribution in [0.5, 0.6) is 0 Å². The van der Waals surface area contributed by atoms with Gasteiger partial charge in [-0.25, -0.2) is 0 Å². The quantitative estimate of drug-likeness (QED) is 0.292. The Morgan fingerprint density at radius 1 is 1.13 bits per heavy atom. The van der Waals surface area contributed by atoms with Crippen molar-refractivity contribution in [1.82, 2.24) is 0 Å². The van der Waals surface area contributed by atoms with Crippen molar-refractivity contribution >= 4 is 29.6 Å². The van der Waals surface area contributed by atoms with Gasteiger partial charge in [-0.1, -0.05) is 26.2 Å². The Balaban J connectivity index is 2.79. The lowest BCUT2D eigenvalue weighted by molar-refractivity contribution is -0.170. The van der Waals surface area contributed by atoms with E-state index in [1.165, 1.54) is 6.42 Å². The highest BCUT2D eigenvalue weighted by atomic mass is 16.6. The van der Waals surface area contributed by atoms with Crippen LogP contribution < -0.4 is 0 Å². The van der Waals surface area contributed by atoms with E-state index in [4.69, 9.17) is 4.74 Å². The fourth-order valence-corrected chi connectivity index (χ4v) is 3.00. The van der Waals surface area contributed by atoms with Gasteiger partial charge in [0.2, 0.25) is 5.78 Å². The Morgan fingerprint density at radius 3 is 2.17 bits per heavy atom. The van der Waals surface area contributed by atoms with Crippen LogP contribution in [0.1, 0.15) is 59.3 Å². The molecular weight excluding hydrogens is 300 g/mol. The standard InChI is InChI=1S/C17H24O6/c1-4-12(14(20)15(21)13(19)10-18)16(22)23-17(2,3)11-8-6-5-7-9-11/h10-12H,4-9H2,1-3H3. The third-order valence-electron chi connectivity index (χ3n) is 4.52. The Labute approximate surface area is 135 Å². The van der Waals surface area contributed by atoms with Crippen LogP contribution in [0, 0.1) is 11.8 Å². The molecule has 1 rings (SSSR count). The smallest absolute Gasteiger partial charge is 0.317 e. The van der Waals surface area contributed by atoms with Gasteiger partial charge in [-0.15, -0.1) is 0 Å². The van der Waals surface area contributed by atoms with Crippen molar-refractivity contribution in [2.24, 2.45) is 11.8 Å². The number of Topliss-reactive ketones (excluding diaryl/α,β-unsaturated/α-hetero) is 3. The monoisotopic (exact) mass is 324 g/mol. The zero-order valence-corrected chi connectivity index (χ0v) is 13.9. The van der Waals surface area contributed by atoms with Gasteiger partial charge >= 0.3 is 5.97 Å². The van der Waals surface area contributed by atoms with Gasteiger partial charge < -0.3 is 4.74 Å². The van der Waals surface area contributed by atoms with E-state index in [2.05, 4.69) is 0 Å². The Morgan fingerprint density at radius 2 is 1.70 bits per heavy atom. The minimum absolute atomic E-state index is 0.0380. The molecule has 0 heterocycles. The molecule has 1 aliphatic carbocycles. The van der Waals surface area contributed by atoms with Gasteiger partial charge in [0.1, 0.15) is 11.5 Å². The number of ether oxygens (including phenoxy) is 1. The molecule has 6 heteroatoms. The van der Waals surface area contributed by atoms with Crippen LogP contribution in [-0.4, -0.2) is 35.2 Å². The number of rotatable bonds is 8. The van der Waals surface area contributed by atoms with Gasteiger partial charge in [-0.2, -0.15) is 0 Å². The van der Waals surface area contributed by atoms with Crippen molar-refractivity contribution in [2.75, 3.05) is 0 Å². The second kappa shape index (κ2) is 8.13. The van der Waals surface area contributed by atoms with Crippen LogP contribution in [0.15, 0.2) is 0 Å². The number of hydrogen-bond acceptors (Lipinski definition) is 6. The summed E-state index contributed by atoms with van der Waals surface area (Å²) < 4.78 is 5.50. The summed E-state index contributed by atoms with van der Waals surface area (Å²) in [6.45, 7) is 5.16. The molecule has 0 bridgehead atoms. The van der Waals surface area contributed by atoms with Crippen LogP contribution in [-0.2, 0) is 28.7 Å². The Kier molecular flexibility index (Phi) is 6.79. The maximum Gasteiger partial charge on any atom is 0.317 e. The number of hydrogen-bond donors (Lipinski definition) is 0. The second-order valence-electron chi connectivity index (χ2n) is 6.50. The average Bonchev–Trinajstić information content (AvgIpc) is 2.54. The molecule has 1 fully saturated rings. The van der Waals surface area contributed by atoms with Gasteiger partial charge in [-0.3, -0.25) is 24.0 Å². The van der Waals surface area contributed by atoms with Gasteiger partial charge in [0, 0.05) is 0 Å². The van der Waals surface area contributed by atoms with E-state index in [1.807, 2.05) is 0 Å². The molecule has 1 aliphatic rings. The highest BCUT2D eigenvalue weighted by Gasteiger charge is 2.40. The van der Waals surface area contributed by atoms with Crippen molar-refractivity contribution in [3.8, 4) is 0 Å². The number of carbonyl (C=O) groups excluding carboxylic acids is 5. The molecule has 0 N–H and O–H groups in total. The SMILES string of the molecule is CCC(C(=O)OC(C)(C)C1CCCCC1)C(=O)C(=O)C(=O)C=O. The maximum atomic E-state index is 12.3. The van der Waals surface area contributed by atoms with Crippen molar-refractivity contribution in [1.29, 1.82) is 0 Å². The van der Waals surface area contributed by atoms with Gasteiger partial charge in [-0.05, 0) is 39.0 Å². The van der Waals surface area contributed by atoms with E-state index in [0.717, 1.165) is 25.7 Å². The van der Waals surface area contributed by atoms with E-state index >= 15 is 0 Å². The predicted molar refractivity (Wildman–Crippen MR) is 81.6 cm³/mol. The number of aldehydes is 1. The molecule has 1 atom stereocenters. The van der Waals surface area contributed by atoms with Crippen molar-refractivity contribution in [2.45, 2.75) is 64.9 Å². The summed E-state index contributed by atoms with van der Waals surface area (Å²) in [6.07, 6.45) is 5.04. The molecule has 1 unspecified atom stereocenters. The Hall–Kier alpha value is -1.85. The van der Waals surface area contributed by atoms with Gasteiger partial charge in [0.15, 0.2) is 6.29 Å². The van der Waals surface area contributed by atoms with Gasteiger partial charge in [0.05, 0.1) is 0 Å². The molecular formula is C17H24O6. The van der Waals surface area contributed by atoms with E-state index in [-0.39, 0.29) is 18.6 Å². The molecule has 6 nitrogen and oxygen atoms in total. The fraction of sp³-hybridized carbons (Fsp3) is 0.706. The topological polar surface area (TPSA) is 94.6 Å². The molecule has 0 radical (unpaired) electrons.